The van der Waals surface area contributed by atoms with Gasteiger partial charge >= 0.3 is 5.97 Å². The number of unbranched alkanes of at least 4 members (excludes halogenated alkanes) is 4. The minimum Gasteiger partial charge on any atom is -0.489 e. The van der Waals surface area contributed by atoms with Crippen LogP contribution in [0.5, 0.6) is 5.75 Å². The van der Waals surface area contributed by atoms with E-state index in [1.54, 1.807) is 0 Å². The first-order valence-electron chi connectivity index (χ1n) is 13.5. The molecule has 2 aromatic carbocycles. The highest BCUT2D eigenvalue weighted by Crippen LogP contribution is 2.20. The standard InChI is InChI=1S/C29H39N3O6S2/c33-26(32-24-13-10-14-25(19-24)38-20-23-11-4-1-5-12-23)15-6-2-8-17-30-27(34)21-39-40-22-28(35)31-18-9-3-7-16-29(36)37/h1,4-5,10-14,19H,2-3,6-9,15-18,20-22H2,(H,30,34)(H,31,35)(H,32,33)(H,36,37). The van der Waals surface area contributed by atoms with E-state index in [4.69, 9.17) is 9.84 Å². The quantitative estimate of drug-likeness (QED) is 0.118. The van der Waals surface area contributed by atoms with E-state index in [1.165, 1.54) is 21.6 Å². The lowest BCUT2D eigenvalue weighted by Crippen LogP contribution is -2.27. The van der Waals surface area contributed by atoms with Crippen molar-refractivity contribution < 1.29 is 29.0 Å². The molecule has 0 bridgehead atoms. The summed E-state index contributed by atoms with van der Waals surface area (Å²) in [4.78, 5) is 46.4. The third-order valence-corrected chi connectivity index (χ3v) is 7.76. The van der Waals surface area contributed by atoms with Crippen LogP contribution >= 0.6 is 21.6 Å². The molecule has 0 aromatic heterocycles. The van der Waals surface area contributed by atoms with E-state index in [0.29, 0.717) is 44.0 Å². The van der Waals surface area contributed by atoms with Gasteiger partial charge in [-0.15, -0.1) is 0 Å². The van der Waals surface area contributed by atoms with Crippen molar-refractivity contribution in [3.05, 3.63) is 60.2 Å². The number of amides is 3. The van der Waals surface area contributed by atoms with Gasteiger partial charge in [0.2, 0.25) is 17.7 Å². The number of rotatable bonds is 21. The van der Waals surface area contributed by atoms with E-state index in [1.807, 2.05) is 54.6 Å². The SMILES string of the molecule is O=C(O)CCCCCNC(=O)CSSCC(=O)NCCCCCC(=O)Nc1cccc(OCc2ccccc2)c1. The van der Waals surface area contributed by atoms with Crippen LogP contribution in [0.15, 0.2) is 54.6 Å². The van der Waals surface area contributed by atoms with E-state index in [2.05, 4.69) is 16.0 Å². The molecule has 4 N–H and O–H groups in total. The Hall–Kier alpha value is -3.18. The molecule has 0 aliphatic rings. The monoisotopic (exact) mass is 589 g/mol. The van der Waals surface area contributed by atoms with Crippen LogP contribution in [0.25, 0.3) is 0 Å². The Labute approximate surface area is 244 Å². The molecule has 3 amide bonds. The summed E-state index contributed by atoms with van der Waals surface area (Å²) in [6.07, 6.45) is 5.03. The molecule has 0 aliphatic heterocycles. The normalized spacial score (nSPS) is 10.5. The first-order chi connectivity index (χ1) is 19.4. The lowest BCUT2D eigenvalue weighted by Gasteiger charge is -2.09. The Morgan fingerprint density at radius 1 is 0.700 bits per heavy atom. The number of carboxylic acids is 1. The van der Waals surface area contributed by atoms with E-state index in [0.717, 1.165) is 37.7 Å². The minimum absolute atomic E-state index is 0.0557. The van der Waals surface area contributed by atoms with Crippen molar-refractivity contribution in [3.63, 3.8) is 0 Å². The summed E-state index contributed by atoms with van der Waals surface area (Å²) in [5.74, 6) is 0.196. The number of hydrogen-bond donors (Lipinski definition) is 4. The van der Waals surface area contributed by atoms with Crippen molar-refractivity contribution in [2.24, 2.45) is 0 Å². The van der Waals surface area contributed by atoms with Crippen molar-refractivity contribution in [1.82, 2.24) is 10.6 Å². The summed E-state index contributed by atoms with van der Waals surface area (Å²) < 4.78 is 5.81. The summed E-state index contributed by atoms with van der Waals surface area (Å²) in [6, 6.07) is 17.2. The second kappa shape index (κ2) is 20.7. The first kappa shape index (κ1) is 33.0. The number of carboxylic acid groups (broad SMARTS) is 1. The Balaban J connectivity index is 1.44. The van der Waals surface area contributed by atoms with Crippen LogP contribution < -0.4 is 20.7 Å². The second-order valence-corrected chi connectivity index (χ2v) is 11.6. The fraction of sp³-hybridized carbons (Fsp3) is 0.448. The average Bonchev–Trinajstić information content (AvgIpc) is 2.94. The van der Waals surface area contributed by atoms with Crippen molar-refractivity contribution in [2.45, 2.75) is 58.0 Å². The zero-order valence-corrected chi connectivity index (χ0v) is 24.3. The minimum atomic E-state index is -0.800. The van der Waals surface area contributed by atoms with Crippen LogP contribution in [0, 0.1) is 0 Å². The zero-order chi connectivity index (χ0) is 28.8. The number of nitrogens with one attached hydrogen (secondary N) is 3. The number of benzene rings is 2. The molecule has 0 fully saturated rings. The van der Waals surface area contributed by atoms with Crippen LogP contribution in [0.2, 0.25) is 0 Å². The molecule has 2 rings (SSSR count). The van der Waals surface area contributed by atoms with Crippen molar-refractivity contribution in [2.75, 3.05) is 29.9 Å². The van der Waals surface area contributed by atoms with Crippen LogP contribution in [0.4, 0.5) is 5.69 Å². The zero-order valence-electron chi connectivity index (χ0n) is 22.7. The number of carbonyl (C=O) groups is 4. The first-order valence-corrected chi connectivity index (χ1v) is 16.0. The summed E-state index contributed by atoms with van der Waals surface area (Å²) in [7, 11) is 2.66. The molecule has 2 aromatic rings. The van der Waals surface area contributed by atoms with Gasteiger partial charge in [0, 0.05) is 37.7 Å². The third-order valence-electron chi connectivity index (χ3n) is 5.62. The Morgan fingerprint density at radius 3 is 1.95 bits per heavy atom. The van der Waals surface area contributed by atoms with Gasteiger partial charge < -0.3 is 25.8 Å². The van der Waals surface area contributed by atoms with Crippen molar-refractivity contribution >= 4 is 51.0 Å². The van der Waals surface area contributed by atoms with Gasteiger partial charge in [0.15, 0.2) is 0 Å². The number of anilines is 1. The molecule has 218 valence electrons. The Bertz CT molecular complexity index is 1060. The largest absolute Gasteiger partial charge is 0.489 e. The predicted molar refractivity (Wildman–Crippen MR) is 161 cm³/mol. The molecular weight excluding hydrogens is 550 g/mol. The molecule has 0 aliphatic carbocycles. The summed E-state index contributed by atoms with van der Waals surface area (Å²) in [6.45, 7) is 1.54. The fourth-order valence-corrected chi connectivity index (χ4v) is 5.27. The van der Waals surface area contributed by atoms with Gasteiger partial charge in [0.05, 0.1) is 11.5 Å². The Kier molecular flexibility index (Phi) is 17.1. The molecular formula is C29H39N3O6S2. The topological polar surface area (TPSA) is 134 Å². The van der Waals surface area contributed by atoms with E-state index in [9.17, 15) is 19.2 Å². The summed E-state index contributed by atoms with van der Waals surface area (Å²) in [5.41, 5.74) is 1.77. The molecule has 11 heteroatoms. The molecule has 0 spiro atoms. The van der Waals surface area contributed by atoms with Crippen molar-refractivity contribution in [1.29, 1.82) is 0 Å². The molecule has 0 heterocycles. The number of aliphatic carboxylic acids is 1. The maximum Gasteiger partial charge on any atom is 0.303 e. The molecule has 0 unspecified atom stereocenters. The summed E-state index contributed by atoms with van der Waals surface area (Å²) in [5, 5.41) is 17.1. The highest BCUT2D eigenvalue weighted by atomic mass is 33.1. The van der Waals surface area contributed by atoms with E-state index in [-0.39, 0.29) is 35.6 Å². The van der Waals surface area contributed by atoms with Crippen LogP contribution in [0.1, 0.15) is 56.9 Å². The van der Waals surface area contributed by atoms with Gasteiger partial charge in [0.1, 0.15) is 12.4 Å². The maximum atomic E-state index is 12.3. The molecule has 0 saturated carbocycles. The molecule has 0 saturated heterocycles. The predicted octanol–water partition coefficient (Wildman–Crippen LogP) is 5.02. The van der Waals surface area contributed by atoms with Gasteiger partial charge in [-0.05, 0) is 43.4 Å². The van der Waals surface area contributed by atoms with E-state index >= 15 is 0 Å². The number of ether oxygens (including phenoxy) is 1. The van der Waals surface area contributed by atoms with Crippen LogP contribution in [-0.2, 0) is 25.8 Å². The van der Waals surface area contributed by atoms with Gasteiger partial charge in [0.25, 0.3) is 0 Å². The van der Waals surface area contributed by atoms with Crippen LogP contribution in [-0.4, -0.2) is 53.4 Å². The highest BCUT2D eigenvalue weighted by molar-refractivity contribution is 8.77. The van der Waals surface area contributed by atoms with Crippen LogP contribution in [0.3, 0.4) is 0 Å². The number of hydrogen-bond acceptors (Lipinski definition) is 7. The number of carbonyl (C=O) groups excluding carboxylic acids is 3. The van der Waals surface area contributed by atoms with Gasteiger partial charge in [-0.1, -0.05) is 70.8 Å². The Morgan fingerprint density at radius 2 is 1.32 bits per heavy atom. The summed E-state index contributed by atoms with van der Waals surface area (Å²) >= 11 is 0. The fourth-order valence-electron chi connectivity index (χ4n) is 3.54. The van der Waals surface area contributed by atoms with Gasteiger partial charge in [-0.25, -0.2) is 0 Å². The lowest BCUT2D eigenvalue weighted by molar-refractivity contribution is -0.137. The van der Waals surface area contributed by atoms with Crippen molar-refractivity contribution in [3.8, 4) is 5.75 Å². The molecule has 40 heavy (non-hydrogen) atoms. The molecule has 0 atom stereocenters. The second-order valence-electron chi connectivity index (χ2n) is 9.09. The molecule has 9 nitrogen and oxygen atoms in total. The maximum absolute atomic E-state index is 12.3. The molecule has 0 radical (unpaired) electrons. The van der Waals surface area contributed by atoms with E-state index < -0.39 is 5.97 Å². The third kappa shape index (κ3) is 16.7. The lowest BCUT2D eigenvalue weighted by atomic mass is 10.2. The average molecular weight is 590 g/mol. The highest BCUT2D eigenvalue weighted by Gasteiger charge is 2.07. The van der Waals surface area contributed by atoms with Gasteiger partial charge in [-0.3, -0.25) is 19.2 Å². The smallest absolute Gasteiger partial charge is 0.303 e. The van der Waals surface area contributed by atoms with Gasteiger partial charge in [-0.2, -0.15) is 0 Å².